The van der Waals surface area contributed by atoms with Crippen LogP contribution in [0.1, 0.15) is 16.3 Å². The Hall–Kier alpha value is -2.08. The van der Waals surface area contributed by atoms with Gasteiger partial charge in [0.25, 0.3) is 0 Å². The lowest BCUT2D eigenvalue weighted by atomic mass is 10.2. The number of aryl methyl sites for hydroxylation is 1. The molecular formula is C17H24N4OS. The first-order chi connectivity index (χ1) is 11.1. The number of guanidine groups is 1. The Bertz CT molecular complexity index is 636. The summed E-state index contributed by atoms with van der Waals surface area (Å²) in [5.74, 6) is 1.75. The van der Waals surface area contributed by atoms with Crippen LogP contribution in [0.5, 0.6) is 5.75 Å². The Morgan fingerprint density at radius 2 is 2.09 bits per heavy atom. The summed E-state index contributed by atoms with van der Waals surface area (Å²) in [6.07, 6.45) is 0.903. The van der Waals surface area contributed by atoms with E-state index in [9.17, 15) is 0 Å². The maximum atomic E-state index is 5.18. The number of aromatic nitrogens is 1. The van der Waals surface area contributed by atoms with Crippen molar-refractivity contribution in [3.05, 3.63) is 45.9 Å². The number of benzene rings is 1. The van der Waals surface area contributed by atoms with E-state index in [4.69, 9.17) is 4.74 Å². The van der Waals surface area contributed by atoms with Crippen LogP contribution in [0.25, 0.3) is 0 Å². The van der Waals surface area contributed by atoms with Gasteiger partial charge in [-0.15, -0.1) is 11.3 Å². The lowest BCUT2D eigenvalue weighted by Gasteiger charge is -2.22. The summed E-state index contributed by atoms with van der Waals surface area (Å²) >= 11 is 1.69. The minimum absolute atomic E-state index is 0.791. The van der Waals surface area contributed by atoms with Gasteiger partial charge >= 0.3 is 0 Å². The van der Waals surface area contributed by atoms with Crippen LogP contribution < -0.4 is 10.1 Å². The van der Waals surface area contributed by atoms with E-state index in [1.54, 1.807) is 25.5 Å². The Labute approximate surface area is 142 Å². The van der Waals surface area contributed by atoms with Crippen LogP contribution in [0.15, 0.2) is 34.6 Å². The SMILES string of the molecule is CN=C(NCCc1csc(C)n1)N(C)Cc1ccc(OC)cc1. The molecule has 1 N–H and O–H groups in total. The molecule has 6 heteroatoms. The molecule has 0 saturated heterocycles. The Kier molecular flexibility index (Phi) is 6.40. The molecule has 0 bridgehead atoms. The van der Waals surface area contributed by atoms with E-state index in [-0.39, 0.29) is 0 Å². The monoisotopic (exact) mass is 332 g/mol. The number of thiazole rings is 1. The number of hydrogen-bond acceptors (Lipinski definition) is 4. The van der Waals surface area contributed by atoms with Gasteiger partial charge in [0.15, 0.2) is 5.96 Å². The standard InChI is InChI=1S/C17H24N4OS/c1-13-20-15(12-23-13)9-10-19-17(18-2)21(3)11-14-5-7-16(22-4)8-6-14/h5-8,12H,9-11H2,1-4H3,(H,18,19). The van der Waals surface area contributed by atoms with E-state index in [0.717, 1.165) is 41.9 Å². The van der Waals surface area contributed by atoms with Crippen molar-refractivity contribution < 1.29 is 4.74 Å². The molecule has 0 fully saturated rings. The maximum absolute atomic E-state index is 5.18. The van der Waals surface area contributed by atoms with Crippen molar-refractivity contribution in [1.82, 2.24) is 15.2 Å². The summed E-state index contributed by atoms with van der Waals surface area (Å²) in [7, 11) is 5.52. The van der Waals surface area contributed by atoms with E-state index >= 15 is 0 Å². The molecular weight excluding hydrogens is 308 g/mol. The molecule has 0 radical (unpaired) electrons. The lowest BCUT2D eigenvalue weighted by molar-refractivity contribution is 0.414. The van der Waals surface area contributed by atoms with Crippen molar-refractivity contribution in [1.29, 1.82) is 0 Å². The molecule has 0 amide bonds. The third-order valence-electron chi connectivity index (χ3n) is 3.48. The normalized spacial score (nSPS) is 11.4. The molecule has 2 aromatic rings. The molecule has 0 aliphatic heterocycles. The van der Waals surface area contributed by atoms with E-state index in [1.807, 2.05) is 26.1 Å². The van der Waals surface area contributed by atoms with Crippen molar-refractivity contribution in [2.24, 2.45) is 4.99 Å². The van der Waals surface area contributed by atoms with Gasteiger partial charge in [-0.1, -0.05) is 12.1 Å². The predicted octanol–water partition coefficient (Wildman–Crippen LogP) is 2.71. The van der Waals surface area contributed by atoms with Crippen LogP contribution in [-0.4, -0.2) is 43.6 Å². The van der Waals surface area contributed by atoms with Crippen molar-refractivity contribution in [3.8, 4) is 5.75 Å². The smallest absolute Gasteiger partial charge is 0.193 e. The van der Waals surface area contributed by atoms with Crippen LogP contribution in [0, 0.1) is 6.92 Å². The number of nitrogens with zero attached hydrogens (tertiary/aromatic N) is 3. The molecule has 23 heavy (non-hydrogen) atoms. The van der Waals surface area contributed by atoms with Gasteiger partial charge in [0.1, 0.15) is 5.75 Å². The van der Waals surface area contributed by atoms with Gasteiger partial charge in [-0.2, -0.15) is 0 Å². The van der Waals surface area contributed by atoms with Crippen LogP contribution in [-0.2, 0) is 13.0 Å². The molecule has 0 aliphatic rings. The van der Waals surface area contributed by atoms with Gasteiger partial charge in [0.05, 0.1) is 17.8 Å². The third kappa shape index (κ3) is 5.25. The van der Waals surface area contributed by atoms with Crippen molar-refractivity contribution in [2.45, 2.75) is 19.9 Å². The molecule has 0 spiro atoms. The molecule has 0 unspecified atom stereocenters. The topological polar surface area (TPSA) is 49.8 Å². The van der Waals surface area contributed by atoms with Crippen LogP contribution in [0.4, 0.5) is 0 Å². The van der Waals surface area contributed by atoms with Crippen LogP contribution >= 0.6 is 11.3 Å². The van der Waals surface area contributed by atoms with E-state index < -0.39 is 0 Å². The lowest BCUT2D eigenvalue weighted by Crippen LogP contribution is -2.39. The number of nitrogens with one attached hydrogen (secondary N) is 1. The Morgan fingerprint density at radius 3 is 2.65 bits per heavy atom. The molecule has 1 aromatic heterocycles. The highest BCUT2D eigenvalue weighted by Crippen LogP contribution is 2.12. The zero-order valence-electron chi connectivity index (χ0n) is 14.2. The number of rotatable bonds is 6. The van der Waals surface area contributed by atoms with E-state index in [0.29, 0.717) is 0 Å². The third-order valence-corrected chi connectivity index (χ3v) is 4.31. The molecule has 2 rings (SSSR count). The zero-order chi connectivity index (χ0) is 16.7. The number of ether oxygens (including phenoxy) is 1. The fourth-order valence-electron chi connectivity index (χ4n) is 2.29. The van der Waals surface area contributed by atoms with Gasteiger partial charge in [-0.3, -0.25) is 4.99 Å². The minimum Gasteiger partial charge on any atom is -0.497 e. The minimum atomic E-state index is 0.791. The predicted molar refractivity (Wildman–Crippen MR) is 96.4 cm³/mol. The molecule has 1 aromatic carbocycles. The molecule has 0 saturated carbocycles. The van der Waals surface area contributed by atoms with Crippen molar-refractivity contribution in [3.63, 3.8) is 0 Å². The molecule has 5 nitrogen and oxygen atoms in total. The maximum Gasteiger partial charge on any atom is 0.193 e. The largest absolute Gasteiger partial charge is 0.497 e. The fraction of sp³-hybridized carbons (Fsp3) is 0.412. The Balaban J connectivity index is 1.84. The quantitative estimate of drug-likeness (QED) is 0.653. The highest BCUT2D eigenvalue weighted by Gasteiger charge is 2.07. The summed E-state index contributed by atoms with van der Waals surface area (Å²) < 4.78 is 5.18. The molecule has 1 heterocycles. The first-order valence-electron chi connectivity index (χ1n) is 7.58. The highest BCUT2D eigenvalue weighted by atomic mass is 32.1. The molecule has 124 valence electrons. The highest BCUT2D eigenvalue weighted by molar-refractivity contribution is 7.09. The number of aliphatic imine (C=N–C) groups is 1. The van der Waals surface area contributed by atoms with E-state index in [2.05, 4.69) is 37.7 Å². The van der Waals surface area contributed by atoms with Crippen LogP contribution in [0.3, 0.4) is 0 Å². The fourth-order valence-corrected chi connectivity index (χ4v) is 2.94. The number of hydrogen-bond donors (Lipinski definition) is 1. The first kappa shape index (κ1) is 17.3. The summed E-state index contributed by atoms with van der Waals surface area (Å²) in [6.45, 7) is 3.64. The van der Waals surface area contributed by atoms with Gasteiger partial charge in [0.2, 0.25) is 0 Å². The summed E-state index contributed by atoms with van der Waals surface area (Å²) in [5.41, 5.74) is 2.35. The second kappa shape index (κ2) is 8.53. The van der Waals surface area contributed by atoms with Gasteiger partial charge < -0.3 is 15.0 Å². The average Bonchev–Trinajstić information content (AvgIpc) is 2.97. The van der Waals surface area contributed by atoms with Gasteiger partial charge in [0, 0.05) is 39.0 Å². The molecule has 0 aliphatic carbocycles. The molecule has 0 atom stereocenters. The summed E-state index contributed by atoms with van der Waals surface area (Å²) in [5, 5.41) is 6.61. The average molecular weight is 332 g/mol. The number of methoxy groups -OCH3 is 1. The van der Waals surface area contributed by atoms with Gasteiger partial charge in [-0.05, 0) is 24.6 Å². The summed E-state index contributed by atoms with van der Waals surface area (Å²) in [4.78, 5) is 10.9. The van der Waals surface area contributed by atoms with Crippen molar-refractivity contribution in [2.75, 3.05) is 27.7 Å². The summed E-state index contributed by atoms with van der Waals surface area (Å²) in [6, 6.07) is 8.09. The van der Waals surface area contributed by atoms with Crippen molar-refractivity contribution >= 4 is 17.3 Å². The van der Waals surface area contributed by atoms with Gasteiger partial charge in [-0.25, -0.2) is 4.98 Å². The first-order valence-corrected chi connectivity index (χ1v) is 8.46. The van der Waals surface area contributed by atoms with Crippen LogP contribution in [0.2, 0.25) is 0 Å². The van der Waals surface area contributed by atoms with E-state index in [1.165, 1.54) is 5.56 Å². The Morgan fingerprint density at radius 1 is 1.35 bits per heavy atom. The zero-order valence-corrected chi connectivity index (χ0v) is 15.0. The second-order valence-electron chi connectivity index (χ2n) is 5.29. The second-order valence-corrected chi connectivity index (χ2v) is 6.35.